The lowest BCUT2D eigenvalue weighted by Gasteiger charge is -2.18. The second-order valence-corrected chi connectivity index (χ2v) is 3.41. The monoisotopic (exact) mass is 165 g/mol. The van der Waals surface area contributed by atoms with E-state index in [1.54, 1.807) is 0 Å². The van der Waals surface area contributed by atoms with Gasteiger partial charge in [0.15, 0.2) is 0 Å². The summed E-state index contributed by atoms with van der Waals surface area (Å²) in [6, 6.07) is 0.224. The molecule has 3 nitrogen and oxygen atoms in total. The Labute approximate surface area is 72.4 Å². The number of H-pyrrole nitrogens is 1. The fourth-order valence-electron chi connectivity index (χ4n) is 1.97. The highest BCUT2D eigenvalue weighted by Crippen LogP contribution is 2.28. The van der Waals surface area contributed by atoms with Gasteiger partial charge < -0.3 is 5.73 Å². The molecule has 1 heterocycles. The molecule has 0 fully saturated rings. The third-order valence-electron chi connectivity index (χ3n) is 2.61. The number of hydrogen-bond acceptors (Lipinski definition) is 2. The number of hydrogen-bond donors (Lipinski definition) is 2. The third-order valence-corrected chi connectivity index (χ3v) is 2.61. The van der Waals surface area contributed by atoms with Crippen molar-refractivity contribution >= 4 is 0 Å². The Morgan fingerprint density at radius 2 is 2.50 bits per heavy atom. The molecule has 2 rings (SSSR count). The van der Waals surface area contributed by atoms with Gasteiger partial charge in [0.05, 0.1) is 5.69 Å². The maximum absolute atomic E-state index is 6.01. The average molecular weight is 165 g/mol. The predicted molar refractivity (Wildman–Crippen MR) is 47.8 cm³/mol. The zero-order valence-electron chi connectivity index (χ0n) is 7.43. The second-order valence-electron chi connectivity index (χ2n) is 3.41. The first kappa shape index (κ1) is 7.80. The van der Waals surface area contributed by atoms with Crippen LogP contribution in [0.5, 0.6) is 0 Å². The van der Waals surface area contributed by atoms with E-state index < -0.39 is 0 Å². The van der Waals surface area contributed by atoms with Gasteiger partial charge in [-0.3, -0.25) is 5.10 Å². The van der Waals surface area contributed by atoms with Gasteiger partial charge in [0.2, 0.25) is 0 Å². The van der Waals surface area contributed by atoms with E-state index in [-0.39, 0.29) is 6.04 Å². The lowest BCUT2D eigenvalue weighted by atomic mass is 9.91. The molecular weight excluding hydrogens is 150 g/mol. The zero-order valence-corrected chi connectivity index (χ0v) is 7.43. The molecule has 1 aromatic heterocycles. The minimum absolute atomic E-state index is 0.224. The summed E-state index contributed by atoms with van der Waals surface area (Å²) < 4.78 is 0. The summed E-state index contributed by atoms with van der Waals surface area (Å²) in [5, 5.41) is 7.34. The molecule has 0 aromatic carbocycles. The number of nitrogens with one attached hydrogen (secondary N) is 1. The van der Waals surface area contributed by atoms with Crippen LogP contribution in [0.15, 0.2) is 0 Å². The number of rotatable bonds is 1. The van der Waals surface area contributed by atoms with Gasteiger partial charge in [0.1, 0.15) is 0 Å². The Balaban J connectivity index is 2.43. The highest BCUT2D eigenvalue weighted by Gasteiger charge is 2.21. The van der Waals surface area contributed by atoms with Crippen molar-refractivity contribution in [1.29, 1.82) is 0 Å². The van der Waals surface area contributed by atoms with Crippen LogP contribution in [-0.4, -0.2) is 10.2 Å². The summed E-state index contributed by atoms with van der Waals surface area (Å²) in [5.41, 5.74) is 9.74. The summed E-state index contributed by atoms with van der Waals surface area (Å²) in [6.45, 7) is 2.12. The van der Waals surface area contributed by atoms with Crippen molar-refractivity contribution in [3.8, 4) is 0 Å². The van der Waals surface area contributed by atoms with Gasteiger partial charge in [0, 0.05) is 17.3 Å². The molecule has 0 radical (unpaired) electrons. The first-order valence-electron chi connectivity index (χ1n) is 4.64. The van der Waals surface area contributed by atoms with Crippen molar-refractivity contribution in [2.45, 2.75) is 38.6 Å². The molecule has 0 aliphatic heterocycles. The number of nitrogens with two attached hydrogens (primary N) is 1. The topological polar surface area (TPSA) is 54.7 Å². The summed E-state index contributed by atoms with van der Waals surface area (Å²) in [4.78, 5) is 0. The van der Waals surface area contributed by atoms with Crippen LogP contribution in [0, 0.1) is 0 Å². The van der Waals surface area contributed by atoms with E-state index in [1.165, 1.54) is 17.7 Å². The van der Waals surface area contributed by atoms with Gasteiger partial charge >= 0.3 is 0 Å². The van der Waals surface area contributed by atoms with Crippen LogP contribution in [0.1, 0.15) is 42.8 Å². The largest absolute Gasteiger partial charge is 0.324 e. The van der Waals surface area contributed by atoms with Gasteiger partial charge in [-0.05, 0) is 25.7 Å². The minimum Gasteiger partial charge on any atom is -0.324 e. The highest BCUT2D eigenvalue weighted by molar-refractivity contribution is 5.30. The summed E-state index contributed by atoms with van der Waals surface area (Å²) in [7, 11) is 0. The maximum Gasteiger partial charge on any atom is 0.0670 e. The van der Waals surface area contributed by atoms with Crippen LogP contribution in [0.2, 0.25) is 0 Å². The molecule has 0 spiro atoms. The van der Waals surface area contributed by atoms with Crippen molar-refractivity contribution in [2.24, 2.45) is 5.73 Å². The van der Waals surface area contributed by atoms with E-state index in [1.807, 2.05) is 0 Å². The minimum atomic E-state index is 0.224. The van der Waals surface area contributed by atoms with Crippen LogP contribution in [0.25, 0.3) is 0 Å². The van der Waals surface area contributed by atoms with Crippen molar-refractivity contribution in [3.63, 3.8) is 0 Å². The van der Waals surface area contributed by atoms with Crippen LogP contribution >= 0.6 is 0 Å². The predicted octanol–water partition coefficient (Wildman–Crippen LogP) is 1.31. The normalized spacial score (nSPS) is 22.3. The van der Waals surface area contributed by atoms with Crippen LogP contribution in [0.4, 0.5) is 0 Å². The van der Waals surface area contributed by atoms with Crippen molar-refractivity contribution in [1.82, 2.24) is 10.2 Å². The number of aromatic nitrogens is 2. The van der Waals surface area contributed by atoms with Gasteiger partial charge in [-0.15, -0.1) is 0 Å². The van der Waals surface area contributed by atoms with E-state index in [2.05, 4.69) is 17.1 Å². The van der Waals surface area contributed by atoms with E-state index in [0.717, 1.165) is 25.0 Å². The molecule has 0 bridgehead atoms. The Hall–Kier alpha value is -0.830. The van der Waals surface area contributed by atoms with Crippen LogP contribution in [0.3, 0.4) is 0 Å². The number of aryl methyl sites for hydroxylation is 2. The average Bonchev–Trinajstić information content (AvgIpc) is 2.49. The zero-order chi connectivity index (χ0) is 8.55. The van der Waals surface area contributed by atoms with Gasteiger partial charge in [0.25, 0.3) is 0 Å². The molecule has 3 heteroatoms. The molecular formula is C9H15N3. The van der Waals surface area contributed by atoms with E-state index in [9.17, 15) is 0 Å². The molecule has 0 amide bonds. The molecule has 3 N–H and O–H groups in total. The van der Waals surface area contributed by atoms with Crippen LogP contribution in [-0.2, 0) is 12.8 Å². The van der Waals surface area contributed by atoms with Gasteiger partial charge in [-0.2, -0.15) is 5.10 Å². The summed E-state index contributed by atoms with van der Waals surface area (Å²) in [6.07, 6.45) is 4.41. The van der Waals surface area contributed by atoms with Crippen molar-refractivity contribution in [3.05, 3.63) is 17.0 Å². The summed E-state index contributed by atoms with van der Waals surface area (Å²) in [5.74, 6) is 0. The molecule has 0 saturated carbocycles. The first-order valence-corrected chi connectivity index (χ1v) is 4.64. The smallest absolute Gasteiger partial charge is 0.0670 e. The number of fused-ring (bicyclic) bond motifs is 1. The number of aromatic amines is 1. The molecule has 0 saturated heterocycles. The molecule has 1 aliphatic rings. The lowest BCUT2D eigenvalue weighted by molar-refractivity contribution is 0.563. The van der Waals surface area contributed by atoms with Crippen molar-refractivity contribution < 1.29 is 0 Å². The lowest BCUT2D eigenvalue weighted by Crippen LogP contribution is -2.17. The van der Waals surface area contributed by atoms with Crippen molar-refractivity contribution in [2.75, 3.05) is 0 Å². The third kappa shape index (κ3) is 1.05. The Morgan fingerprint density at radius 1 is 1.67 bits per heavy atom. The van der Waals surface area contributed by atoms with E-state index in [0.29, 0.717) is 0 Å². The quantitative estimate of drug-likeness (QED) is 0.659. The van der Waals surface area contributed by atoms with Gasteiger partial charge in [-0.1, -0.05) is 6.92 Å². The maximum atomic E-state index is 6.01. The molecule has 1 atom stereocenters. The first-order chi connectivity index (χ1) is 5.83. The summed E-state index contributed by atoms with van der Waals surface area (Å²) >= 11 is 0. The molecule has 1 aromatic rings. The Kier molecular flexibility index (Phi) is 1.89. The van der Waals surface area contributed by atoms with E-state index >= 15 is 0 Å². The van der Waals surface area contributed by atoms with E-state index in [4.69, 9.17) is 5.73 Å². The number of nitrogens with zero attached hydrogens (tertiary/aromatic N) is 1. The fourth-order valence-corrected chi connectivity index (χ4v) is 1.97. The second kappa shape index (κ2) is 2.90. The Morgan fingerprint density at radius 3 is 3.25 bits per heavy atom. The van der Waals surface area contributed by atoms with Crippen LogP contribution < -0.4 is 5.73 Å². The fraction of sp³-hybridized carbons (Fsp3) is 0.667. The standard InChI is InChI=1S/C9H15N3/c1-2-7-9-6(10)4-3-5-8(9)12-11-7/h6H,2-5,10H2,1H3,(H,11,12). The van der Waals surface area contributed by atoms with Gasteiger partial charge in [-0.25, -0.2) is 0 Å². The molecule has 12 heavy (non-hydrogen) atoms. The Bertz CT molecular complexity index is 264. The molecule has 66 valence electrons. The molecule has 1 aliphatic carbocycles. The SMILES string of the molecule is CCc1n[nH]c2c1C(N)CCC2. The highest BCUT2D eigenvalue weighted by atomic mass is 15.1. The molecule has 1 unspecified atom stereocenters.